The summed E-state index contributed by atoms with van der Waals surface area (Å²) < 4.78 is 5.88. The molecule has 0 unspecified atom stereocenters. The number of fused-ring (bicyclic) bond motifs is 1. The van der Waals surface area contributed by atoms with Gasteiger partial charge in [0.25, 0.3) is 11.8 Å². The fourth-order valence-corrected chi connectivity index (χ4v) is 6.52. The van der Waals surface area contributed by atoms with E-state index in [9.17, 15) is 19.2 Å². The van der Waals surface area contributed by atoms with Crippen molar-refractivity contribution >= 4 is 46.0 Å². The molecule has 1 atom stereocenters. The van der Waals surface area contributed by atoms with Crippen LogP contribution < -0.4 is 15.6 Å². The van der Waals surface area contributed by atoms with Gasteiger partial charge in [0.05, 0.1) is 10.9 Å². The molecule has 2 aliphatic heterocycles. The van der Waals surface area contributed by atoms with Crippen molar-refractivity contribution in [3.8, 4) is 0 Å². The van der Waals surface area contributed by atoms with Gasteiger partial charge in [0.2, 0.25) is 5.91 Å². The number of anilines is 1. The lowest BCUT2D eigenvalue weighted by Gasteiger charge is -2.38. The molecule has 3 aromatic carbocycles. The zero-order chi connectivity index (χ0) is 33.1. The first kappa shape index (κ1) is 32.3. The maximum atomic E-state index is 14.0. The number of halogens is 1. The Morgan fingerprint density at radius 3 is 2.23 bits per heavy atom. The van der Waals surface area contributed by atoms with Crippen LogP contribution >= 0.6 is 11.6 Å². The van der Waals surface area contributed by atoms with E-state index < -0.39 is 11.9 Å². The van der Waals surface area contributed by atoms with Gasteiger partial charge in [-0.1, -0.05) is 35.9 Å². The molecule has 244 valence electrons. The molecule has 0 saturated carbocycles. The van der Waals surface area contributed by atoms with Crippen molar-refractivity contribution in [2.45, 2.75) is 45.6 Å². The Hall–Kier alpha value is -4.63. The van der Waals surface area contributed by atoms with Crippen molar-refractivity contribution in [3.63, 3.8) is 0 Å². The maximum Gasteiger partial charge on any atom is 0.287 e. The lowest BCUT2D eigenvalue weighted by Crippen LogP contribution is -2.56. The zero-order valence-electron chi connectivity index (χ0n) is 26.8. The van der Waals surface area contributed by atoms with Crippen molar-refractivity contribution in [3.05, 3.63) is 110 Å². The Balaban J connectivity index is 1.19. The number of piperazine rings is 1. The minimum Gasteiger partial charge on any atom is -0.451 e. The molecule has 47 heavy (non-hydrogen) atoms. The second kappa shape index (κ2) is 14.0. The van der Waals surface area contributed by atoms with Gasteiger partial charge in [0.1, 0.15) is 11.6 Å². The predicted octanol–water partition coefficient (Wildman–Crippen LogP) is 5.38. The second-order valence-corrected chi connectivity index (χ2v) is 12.9. The quantitative estimate of drug-likeness (QED) is 0.287. The van der Waals surface area contributed by atoms with E-state index in [2.05, 4.69) is 10.2 Å². The van der Waals surface area contributed by atoms with Crippen molar-refractivity contribution in [2.24, 2.45) is 0 Å². The Morgan fingerprint density at radius 2 is 1.51 bits per heavy atom. The van der Waals surface area contributed by atoms with Crippen LogP contribution in [0.4, 0.5) is 5.69 Å². The van der Waals surface area contributed by atoms with Gasteiger partial charge in [-0.15, -0.1) is 0 Å². The highest BCUT2D eigenvalue weighted by Crippen LogP contribution is 2.25. The van der Waals surface area contributed by atoms with Gasteiger partial charge in [0, 0.05) is 62.5 Å². The van der Waals surface area contributed by atoms with Crippen molar-refractivity contribution < 1.29 is 18.8 Å². The minimum atomic E-state index is -0.913. The van der Waals surface area contributed by atoms with E-state index in [1.807, 2.05) is 55.1 Å². The number of rotatable bonds is 7. The fourth-order valence-electron chi connectivity index (χ4n) is 6.39. The summed E-state index contributed by atoms with van der Waals surface area (Å²) in [5.41, 5.74) is 4.27. The molecule has 0 aliphatic carbocycles. The van der Waals surface area contributed by atoms with Gasteiger partial charge in [-0.25, -0.2) is 0 Å². The number of amides is 3. The molecule has 2 fully saturated rings. The first-order valence-electron chi connectivity index (χ1n) is 16.2. The highest BCUT2D eigenvalue weighted by molar-refractivity contribution is 6.30. The first-order chi connectivity index (χ1) is 22.7. The average Bonchev–Trinajstić information content (AvgIpc) is 3.09. The van der Waals surface area contributed by atoms with Crippen LogP contribution in [0.1, 0.15) is 56.9 Å². The van der Waals surface area contributed by atoms with Gasteiger partial charge >= 0.3 is 0 Å². The summed E-state index contributed by atoms with van der Waals surface area (Å²) in [6.07, 6.45) is 3.42. The van der Waals surface area contributed by atoms with Gasteiger partial charge < -0.3 is 24.4 Å². The van der Waals surface area contributed by atoms with Crippen LogP contribution in [-0.2, 0) is 11.2 Å². The van der Waals surface area contributed by atoms with Gasteiger partial charge in [-0.05, 0) is 86.2 Å². The molecule has 2 aliphatic rings. The molecule has 1 N–H and O–H groups in total. The number of likely N-dealkylation sites (tertiary alicyclic amines) is 1. The molecule has 0 bridgehead atoms. The van der Waals surface area contributed by atoms with Gasteiger partial charge in [0.15, 0.2) is 11.2 Å². The van der Waals surface area contributed by atoms with Crippen molar-refractivity contribution in [1.29, 1.82) is 0 Å². The molecule has 1 aromatic heterocycles. The third-order valence-electron chi connectivity index (χ3n) is 9.23. The number of carbonyl (C=O) groups is 3. The number of aryl methyl sites for hydroxylation is 2. The molecule has 9 nitrogen and oxygen atoms in total. The lowest BCUT2D eigenvalue weighted by atomic mass is 10.0. The average molecular weight is 655 g/mol. The smallest absolute Gasteiger partial charge is 0.287 e. The Labute approximate surface area is 279 Å². The van der Waals surface area contributed by atoms with E-state index >= 15 is 0 Å². The molecule has 4 aromatic rings. The summed E-state index contributed by atoms with van der Waals surface area (Å²) in [7, 11) is 0. The summed E-state index contributed by atoms with van der Waals surface area (Å²) in [5.74, 6) is -0.979. The largest absolute Gasteiger partial charge is 0.451 e. The molecule has 3 amide bonds. The summed E-state index contributed by atoms with van der Waals surface area (Å²) in [6.45, 7) is 7.29. The predicted molar refractivity (Wildman–Crippen MR) is 183 cm³/mol. The number of benzene rings is 3. The third kappa shape index (κ3) is 7.20. The van der Waals surface area contributed by atoms with Gasteiger partial charge in [-0.3, -0.25) is 19.2 Å². The molecular formula is C37H39ClN4O5. The number of para-hydroxylation sites is 1. The number of piperidine rings is 1. The molecule has 0 radical (unpaired) electrons. The Morgan fingerprint density at radius 1 is 0.830 bits per heavy atom. The lowest BCUT2D eigenvalue weighted by molar-refractivity contribution is -0.133. The maximum absolute atomic E-state index is 14.0. The van der Waals surface area contributed by atoms with Gasteiger partial charge in [-0.2, -0.15) is 0 Å². The fraction of sp³-hybridized carbons (Fsp3) is 0.351. The minimum absolute atomic E-state index is 0.0511. The standard InChI is InChI=1S/C37H39ClN4O5/c1-24-20-29-32(43)23-34(47-33(29)21-25(24)2)35(44)39-30(22-26-10-12-27(38)13-11-26)37(46)42-18-16-40(17-19-42)31-9-5-4-8-28(31)36(45)41-14-6-3-7-15-41/h4-5,8-13,20-21,23,30H,3,6-7,14-19,22H2,1-2H3,(H,39,44)/t30-/m1/s1. The topological polar surface area (TPSA) is 103 Å². The van der Waals surface area contributed by atoms with Crippen LogP contribution in [0.2, 0.25) is 5.02 Å². The second-order valence-electron chi connectivity index (χ2n) is 12.4. The first-order valence-corrected chi connectivity index (χ1v) is 16.6. The number of carbonyl (C=O) groups excluding carboxylic acids is 3. The zero-order valence-corrected chi connectivity index (χ0v) is 27.5. The molecule has 6 rings (SSSR count). The van der Waals surface area contributed by atoms with E-state index in [-0.39, 0.29) is 29.4 Å². The van der Waals surface area contributed by atoms with Crippen LogP contribution in [0, 0.1) is 13.8 Å². The van der Waals surface area contributed by atoms with Crippen LogP contribution in [0.5, 0.6) is 0 Å². The van der Waals surface area contributed by atoms with Crippen LogP contribution in [0.15, 0.2) is 75.9 Å². The van der Waals surface area contributed by atoms with E-state index in [0.29, 0.717) is 47.7 Å². The number of hydrogen-bond donors (Lipinski definition) is 1. The van der Waals surface area contributed by atoms with Crippen LogP contribution in [0.25, 0.3) is 11.0 Å². The van der Waals surface area contributed by atoms with E-state index in [4.69, 9.17) is 16.0 Å². The van der Waals surface area contributed by atoms with Crippen molar-refractivity contribution in [2.75, 3.05) is 44.2 Å². The highest BCUT2D eigenvalue weighted by Gasteiger charge is 2.31. The molecule has 3 heterocycles. The van der Waals surface area contributed by atoms with Crippen LogP contribution in [0.3, 0.4) is 0 Å². The number of nitrogens with one attached hydrogen (secondary N) is 1. The highest BCUT2D eigenvalue weighted by atomic mass is 35.5. The molecule has 2 saturated heterocycles. The number of hydrogen-bond acceptors (Lipinski definition) is 6. The monoisotopic (exact) mass is 654 g/mol. The molecular weight excluding hydrogens is 616 g/mol. The summed E-state index contributed by atoms with van der Waals surface area (Å²) in [5, 5.41) is 3.82. The van der Waals surface area contributed by atoms with E-state index in [1.165, 1.54) is 6.07 Å². The third-order valence-corrected chi connectivity index (χ3v) is 9.49. The molecule has 0 spiro atoms. The van der Waals surface area contributed by atoms with Crippen LogP contribution in [-0.4, -0.2) is 72.8 Å². The summed E-state index contributed by atoms with van der Waals surface area (Å²) in [6, 6.07) is 18.6. The summed E-state index contributed by atoms with van der Waals surface area (Å²) >= 11 is 6.10. The SMILES string of the molecule is Cc1cc2oc(C(=O)N[C@H](Cc3ccc(Cl)cc3)C(=O)N3CCN(c4ccccc4C(=O)N4CCCCC4)CC3)cc(=O)c2cc1C. The number of nitrogens with zero attached hydrogens (tertiary/aromatic N) is 3. The Bertz CT molecular complexity index is 1860. The Kier molecular flexibility index (Phi) is 9.63. The summed E-state index contributed by atoms with van der Waals surface area (Å²) in [4.78, 5) is 59.7. The molecule has 10 heteroatoms. The normalized spacial score (nSPS) is 15.9. The van der Waals surface area contributed by atoms with Crippen molar-refractivity contribution in [1.82, 2.24) is 15.1 Å². The van der Waals surface area contributed by atoms with E-state index in [1.54, 1.807) is 29.2 Å². The van der Waals surface area contributed by atoms with E-state index in [0.717, 1.165) is 54.7 Å².